The van der Waals surface area contributed by atoms with Crippen LogP contribution in [0.3, 0.4) is 0 Å². The van der Waals surface area contributed by atoms with Crippen molar-refractivity contribution < 1.29 is 27.1 Å². The summed E-state index contributed by atoms with van der Waals surface area (Å²) in [6.07, 6.45) is -1.95. The number of carbonyl (C=O) groups excluding carboxylic acids is 1. The van der Waals surface area contributed by atoms with Gasteiger partial charge in [0.25, 0.3) is 5.91 Å². The van der Waals surface area contributed by atoms with Crippen LogP contribution in [-0.4, -0.2) is 50.1 Å². The van der Waals surface area contributed by atoms with Crippen LogP contribution in [0.25, 0.3) is 16.9 Å². The molecule has 4 rings (SSSR count). The number of carbonyl (C=O) groups is 1. The molecule has 11 heteroatoms. The van der Waals surface area contributed by atoms with E-state index in [0.29, 0.717) is 24.2 Å². The van der Waals surface area contributed by atoms with E-state index in [9.17, 15) is 22.4 Å². The number of benzene rings is 1. The Morgan fingerprint density at radius 3 is 2.70 bits per heavy atom. The van der Waals surface area contributed by atoms with Gasteiger partial charge in [-0.15, -0.1) is 24.9 Å². The second-order valence-corrected chi connectivity index (χ2v) is 7.44. The first-order valence-corrected chi connectivity index (χ1v) is 9.90. The molecule has 1 fully saturated rings. The van der Waals surface area contributed by atoms with Gasteiger partial charge in [-0.05, 0) is 30.3 Å². The van der Waals surface area contributed by atoms with E-state index in [-0.39, 0.29) is 22.9 Å². The lowest BCUT2D eigenvalue weighted by Crippen LogP contribution is -2.28. The van der Waals surface area contributed by atoms with Crippen LogP contribution in [0.1, 0.15) is 10.5 Å². The number of rotatable bonds is 4. The Balaban J connectivity index is 1.81. The SMILES string of the molecule is O=C(c1cc(-c2cc(F)cc(OC(F)(F)F)c2)n(-c2cccnc2)n1)N1CCSC1. The molecule has 156 valence electrons. The number of hydrogen-bond acceptors (Lipinski definition) is 5. The van der Waals surface area contributed by atoms with Gasteiger partial charge < -0.3 is 9.64 Å². The maximum Gasteiger partial charge on any atom is 0.573 e. The maximum atomic E-state index is 14.1. The average molecular weight is 438 g/mol. The quantitative estimate of drug-likeness (QED) is 0.574. The van der Waals surface area contributed by atoms with E-state index in [1.54, 1.807) is 28.8 Å². The van der Waals surface area contributed by atoms with Gasteiger partial charge in [0, 0.05) is 30.1 Å². The number of thioether (sulfide) groups is 1. The summed E-state index contributed by atoms with van der Waals surface area (Å²) in [4.78, 5) is 18.4. The minimum Gasteiger partial charge on any atom is -0.406 e. The van der Waals surface area contributed by atoms with Crippen molar-refractivity contribution in [3.63, 3.8) is 0 Å². The molecule has 3 heterocycles. The fraction of sp³-hybridized carbons (Fsp3) is 0.211. The summed E-state index contributed by atoms with van der Waals surface area (Å²) in [7, 11) is 0. The Hall–Kier alpha value is -3.08. The lowest BCUT2D eigenvalue weighted by molar-refractivity contribution is -0.274. The Morgan fingerprint density at radius 1 is 1.20 bits per heavy atom. The minimum atomic E-state index is -4.97. The molecule has 0 spiro atoms. The van der Waals surface area contributed by atoms with Crippen LogP contribution >= 0.6 is 11.8 Å². The molecule has 0 saturated carbocycles. The zero-order valence-electron chi connectivity index (χ0n) is 15.3. The number of ether oxygens (including phenoxy) is 1. The fourth-order valence-corrected chi connectivity index (χ4v) is 3.95. The van der Waals surface area contributed by atoms with Gasteiger partial charge in [0.05, 0.1) is 23.5 Å². The van der Waals surface area contributed by atoms with Crippen molar-refractivity contribution in [3.8, 4) is 22.7 Å². The van der Waals surface area contributed by atoms with Crippen molar-refractivity contribution >= 4 is 17.7 Å². The van der Waals surface area contributed by atoms with Crippen molar-refractivity contribution in [2.75, 3.05) is 18.2 Å². The normalized spacial score (nSPS) is 14.2. The van der Waals surface area contributed by atoms with Crippen LogP contribution in [0, 0.1) is 5.82 Å². The summed E-state index contributed by atoms with van der Waals surface area (Å²) in [6.45, 7) is 0.572. The molecule has 1 aromatic carbocycles. The molecular formula is C19H14F4N4O2S. The molecule has 0 N–H and O–H groups in total. The van der Waals surface area contributed by atoms with Gasteiger partial charge >= 0.3 is 6.36 Å². The molecule has 1 aliphatic rings. The number of hydrogen-bond donors (Lipinski definition) is 0. The summed E-state index contributed by atoms with van der Waals surface area (Å²) in [5.41, 5.74) is 0.856. The summed E-state index contributed by atoms with van der Waals surface area (Å²) in [5.74, 6) is -0.608. The molecule has 6 nitrogen and oxygen atoms in total. The van der Waals surface area contributed by atoms with Gasteiger partial charge in [-0.3, -0.25) is 9.78 Å². The maximum absolute atomic E-state index is 14.1. The van der Waals surface area contributed by atoms with E-state index in [2.05, 4.69) is 14.8 Å². The lowest BCUT2D eigenvalue weighted by Gasteiger charge is -2.12. The monoisotopic (exact) mass is 438 g/mol. The standard InChI is InChI=1S/C19H14F4N4O2S/c20-13-6-12(7-15(8-13)29-19(21,22)23)17-9-16(18(28)26-4-5-30-11-26)25-27(17)14-2-1-3-24-10-14/h1-3,6-10H,4-5,11H2. The Bertz CT molecular complexity index is 1070. The second-order valence-electron chi connectivity index (χ2n) is 6.37. The minimum absolute atomic E-state index is 0.0699. The van der Waals surface area contributed by atoms with Crippen molar-refractivity contribution in [2.24, 2.45) is 0 Å². The summed E-state index contributed by atoms with van der Waals surface area (Å²) in [5, 5.41) is 4.33. The lowest BCUT2D eigenvalue weighted by atomic mass is 10.1. The van der Waals surface area contributed by atoms with Crippen molar-refractivity contribution in [1.29, 1.82) is 0 Å². The third kappa shape index (κ3) is 4.40. The second kappa shape index (κ2) is 7.98. The number of halogens is 4. The van der Waals surface area contributed by atoms with Gasteiger partial charge in [0.2, 0.25) is 0 Å². The molecular weight excluding hydrogens is 424 g/mol. The van der Waals surface area contributed by atoms with E-state index >= 15 is 0 Å². The van der Waals surface area contributed by atoms with Gasteiger partial charge in [-0.1, -0.05) is 0 Å². The van der Waals surface area contributed by atoms with Crippen molar-refractivity contribution in [1.82, 2.24) is 19.7 Å². The predicted octanol–water partition coefficient (Wildman–Crippen LogP) is 4.12. The molecule has 30 heavy (non-hydrogen) atoms. The van der Waals surface area contributed by atoms with Crippen LogP contribution in [-0.2, 0) is 0 Å². The molecule has 0 atom stereocenters. The third-order valence-electron chi connectivity index (χ3n) is 4.26. The Kier molecular flexibility index (Phi) is 5.37. The van der Waals surface area contributed by atoms with E-state index in [1.807, 2.05) is 0 Å². The van der Waals surface area contributed by atoms with Gasteiger partial charge in [0.15, 0.2) is 5.69 Å². The molecule has 0 aliphatic carbocycles. The molecule has 1 saturated heterocycles. The fourth-order valence-electron chi connectivity index (χ4n) is 3.01. The topological polar surface area (TPSA) is 60.3 Å². The largest absolute Gasteiger partial charge is 0.573 e. The van der Waals surface area contributed by atoms with E-state index in [0.717, 1.165) is 17.9 Å². The highest BCUT2D eigenvalue weighted by molar-refractivity contribution is 7.99. The number of aromatic nitrogens is 3. The number of nitrogens with zero attached hydrogens (tertiary/aromatic N) is 4. The van der Waals surface area contributed by atoms with Crippen molar-refractivity contribution in [3.05, 3.63) is 60.3 Å². The first-order chi connectivity index (χ1) is 14.3. The van der Waals surface area contributed by atoms with Crippen LogP contribution < -0.4 is 4.74 Å². The van der Waals surface area contributed by atoms with Crippen LogP contribution in [0.2, 0.25) is 0 Å². The smallest absolute Gasteiger partial charge is 0.406 e. The summed E-state index contributed by atoms with van der Waals surface area (Å²) >= 11 is 1.61. The number of alkyl halides is 3. The highest BCUT2D eigenvalue weighted by Crippen LogP contribution is 2.31. The van der Waals surface area contributed by atoms with Crippen LogP contribution in [0.15, 0.2) is 48.8 Å². The van der Waals surface area contributed by atoms with Gasteiger partial charge in [-0.25, -0.2) is 9.07 Å². The molecule has 0 bridgehead atoms. The highest BCUT2D eigenvalue weighted by atomic mass is 32.2. The van der Waals surface area contributed by atoms with Crippen LogP contribution in [0.5, 0.6) is 5.75 Å². The molecule has 0 unspecified atom stereocenters. The van der Waals surface area contributed by atoms with E-state index in [4.69, 9.17) is 0 Å². The summed E-state index contributed by atoms with van der Waals surface area (Å²) in [6, 6.07) is 7.45. The van der Waals surface area contributed by atoms with Crippen LogP contribution in [0.4, 0.5) is 17.6 Å². The van der Waals surface area contributed by atoms with E-state index < -0.39 is 17.9 Å². The zero-order valence-corrected chi connectivity index (χ0v) is 16.1. The molecule has 1 aliphatic heterocycles. The zero-order chi connectivity index (χ0) is 21.3. The number of amides is 1. The third-order valence-corrected chi connectivity index (χ3v) is 5.22. The summed E-state index contributed by atoms with van der Waals surface area (Å²) < 4.78 is 57.1. The molecule has 2 aromatic heterocycles. The van der Waals surface area contributed by atoms with E-state index in [1.165, 1.54) is 23.1 Å². The molecule has 0 radical (unpaired) electrons. The first kappa shape index (κ1) is 20.2. The first-order valence-electron chi connectivity index (χ1n) is 8.74. The highest BCUT2D eigenvalue weighted by Gasteiger charge is 2.32. The average Bonchev–Trinajstić information content (AvgIpc) is 3.37. The Morgan fingerprint density at radius 2 is 2.03 bits per heavy atom. The predicted molar refractivity (Wildman–Crippen MR) is 102 cm³/mol. The van der Waals surface area contributed by atoms with Gasteiger partial charge in [0.1, 0.15) is 11.6 Å². The molecule has 1 amide bonds. The van der Waals surface area contributed by atoms with Gasteiger partial charge in [-0.2, -0.15) is 5.10 Å². The Labute approximate surface area is 172 Å². The van der Waals surface area contributed by atoms with Crippen molar-refractivity contribution in [2.45, 2.75) is 6.36 Å². The number of pyridine rings is 1. The molecule has 3 aromatic rings.